The fourth-order valence-corrected chi connectivity index (χ4v) is 5.88. The summed E-state index contributed by atoms with van der Waals surface area (Å²) in [5.41, 5.74) is 1.84. The number of nitrogens with one attached hydrogen (secondary N) is 3. The second-order valence-corrected chi connectivity index (χ2v) is 12.1. The zero-order chi connectivity index (χ0) is 30.6. The summed E-state index contributed by atoms with van der Waals surface area (Å²) in [5, 5.41) is 5.79. The van der Waals surface area contributed by atoms with Crippen LogP contribution in [-0.4, -0.2) is 64.8 Å². The first-order valence-electron chi connectivity index (χ1n) is 15.0. The molecule has 10 nitrogen and oxygen atoms in total. The molecule has 0 spiro atoms. The van der Waals surface area contributed by atoms with Crippen LogP contribution in [-0.2, 0) is 25.5 Å². The van der Waals surface area contributed by atoms with Crippen molar-refractivity contribution in [3.63, 3.8) is 0 Å². The summed E-state index contributed by atoms with van der Waals surface area (Å²) < 4.78 is 10.7. The maximum Gasteiger partial charge on any atom is 0.251 e. The number of nitrogens with zero attached hydrogens (tertiary/aromatic N) is 1. The Morgan fingerprint density at radius 3 is 2.49 bits per heavy atom. The summed E-state index contributed by atoms with van der Waals surface area (Å²) in [4.78, 5) is 60.7. The van der Waals surface area contributed by atoms with Crippen LogP contribution in [0, 0.1) is 11.8 Å². The number of aromatic amines is 1. The number of rotatable bonds is 14. The molecule has 2 aromatic carbocycles. The van der Waals surface area contributed by atoms with Gasteiger partial charge in [-0.3, -0.25) is 19.2 Å². The molecule has 43 heavy (non-hydrogen) atoms. The van der Waals surface area contributed by atoms with Crippen LogP contribution in [0.4, 0.5) is 0 Å². The number of amides is 2. The minimum Gasteiger partial charge on any atom is -0.497 e. The number of carbonyl (C=O) groups excluding carboxylic acids is 4. The van der Waals surface area contributed by atoms with Crippen LogP contribution in [0.15, 0.2) is 48.8 Å². The van der Waals surface area contributed by atoms with Crippen molar-refractivity contribution in [2.24, 2.45) is 11.8 Å². The quantitative estimate of drug-likeness (QED) is 0.242. The van der Waals surface area contributed by atoms with Crippen LogP contribution in [0.1, 0.15) is 68.3 Å². The average molecular weight is 589 g/mol. The fraction of sp³-hybridized carbons (Fsp3) is 0.485. The minimum atomic E-state index is -0.865. The van der Waals surface area contributed by atoms with Crippen molar-refractivity contribution in [1.82, 2.24) is 20.6 Å². The fourth-order valence-electron chi connectivity index (χ4n) is 5.88. The Balaban J connectivity index is 1.29. The molecule has 1 saturated carbocycles. The average Bonchev–Trinajstić information content (AvgIpc) is 3.36. The normalized spacial score (nSPS) is 20.3. The van der Waals surface area contributed by atoms with E-state index in [0.717, 1.165) is 42.3 Å². The maximum atomic E-state index is 13.8. The summed E-state index contributed by atoms with van der Waals surface area (Å²) in [6, 6.07) is 10.9. The Morgan fingerprint density at radius 1 is 1.09 bits per heavy atom. The van der Waals surface area contributed by atoms with Crippen LogP contribution >= 0.6 is 0 Å². The number of imidazole rings is 1. The van der Waals surface area contributed by atoms with Gasteiger partial charge in [-0.1, -0.05) is 37.8 Å². The standard InChI is InChI=1S/C33H40N4O6/c1-20(36-31(40)23-10-13-26-27(16-23)35-19-34-26)29(38)17-24(14-22-8-11-25(42-3)12-9-22)32(41)37-28(15-21-6-4-5-7-21)30(39)33(2)18-43-33/h8-13,16,19-21,24,28H,4-7,14-15,17-18H2,1-3H3,(H,34,35)(H,36,40)(H,37,41). The molecule has 2 aliphatic rings. The van der Waals surface area contributed by atoms with Gasteiger partial charge in [-0.05, 0) is 68.5 Å². The molecule has 2 heterocycles. The van der Waals surface area contributed by atoms with Crippen molar-refractivity contribution < 1.29 is 28.7 Å². The molecule has 4 unspecified atom stereocenters. The number of fused-ring (bicyclic) bond motifs is 1. The van der Waals surface area contributed by atoms with Gasteiger partial charge in [0.05, 0.1) is 43.2 Å². The zero-order valence-corrected chi connectivity index (χ0v) is 25.0. The molecular weight excluding hydrogens is 548 g/mol. The first-order valence-corrected chi connectivity index (χ1v) is 15.0. The lowest BCUT2D eigenvalue weighted by Gasteiger charge is -2.26. The highest BCUT2D eigenvalue weighted by atomic mass is 16.6. The van der Waals surface area contributed by atoms with Crippen molar-refractivity contribution in [2.75, 3.05) is 13.7 Å². The SMILES string of the molecule is COc1ccc(CC(CC(=O)C(C)NC(=O)c2ccc3nc[nH]c3c2)C(=O)NC(CC2CCCC2)C(=O)C2(C)CO2)cc1. The molecule has 0 bridgehead atoms. The molecule has 1 aromatic heterocycles. The zero-order valence-electron chi connectivity index (χ0n) is 25.0. The lowest BCUT2D eigenvalue weighted by atomic mass is 9.88. The Hall–Kier alpha value is -4.05. The molecule has 228 valence electrons. The van der Waals surface area contributed by atoms with Crippen molar-refractivity contribution in [3.05, 3.63) is 59.9 Å². The number of benzene rings is 2. The maximum absolute atomic E-state index is 13.8. The second-order valence-electron chi connectivity index (χ2n) is 12.1. The van der Waals surface area contributed by atoms with Gasteiger partial charge in [-0.2, -0.15) is 0 Å². The van der Waals surface area contributed by atoms with Gasteiger partial charge >= 0.3 is 0 Å². The van der Waals surface area contributed by atoms with Crippen LogP contribution in [0.3, 0.4) is 0 Å². The van der Waals surface area contributed by atoms with Crippen molar-refractivity contribution in [1.29, 1.82) is 0 Å². The Kier molecular flexibility index (Phi) is 9.25. The number of aromatic nitrogens is 2. The molecule has 4 atom stereocenters. The van der Waals surface area contributed by atoms with Gasteiger partial charge in [0.1, 0.15) is 11.4 Å². The summed E-state index contributed by atoms with van der Waals surface area (Å²) >= 11 is 0. The lowest BCUT2D eigenvalue weighted by Crippen LogP contribution is -2.49. The van der Waals surface area contributed by atoms with E-state index < -0.39 is 29.5 Å². The molecule has 5 rings (SSSR count). The van der Waals surface area contributed by atoms with E-state index in [9.17, 15) is 19.2 Å². The van der Waals surface area contributed by atoms with Crippen LogP contribution in [0.25, 0.3) is 11.0 Å². The van der Waals surface area contributed by atoms with Crippen molar-refractivity contribution >= 4 is 34.4 Å². The first-order chi connectivity index (χ1) is 20.6. The number of hydrogen-bond acceptors (Lipinski definition) is 7. The third-order valence-corrected chi connectivity index (χ3v) is 8.75. The smallest absolute Gasteiger partial charge is 0.251 e. The number of carbonyl (C=O) groups is 4. The first kappa shape index (κ1) is 30.4. The van der Waals surface area contributed by atoms with E-state index in [1.165, 1.54) is 0 Å². The summed E-state index contributed by atoms with van der Waals surface area (Å²) in [5.74, 6) is -0.826. The van der Waals surface area contributed by atoms with E-state index in [0.29, 0.717) is 30.3 Å². The van der Waals surface area contributed by atoms with Gasteiger partial charge < -0.3 is 25.1 Å². The number of H-pyrrole nitrogens is 1. The Morgan fingerprint density at radius 2 is 1.81 bits per heavy atom. The highest BCUT2D eigenvalue weighted by Crippen LogP contribution is 2.34. The third kappa shape index (κ3) is 7.48. The van der Waals surface area contributed by atoms with E-state index >= 15 is 0 Å². The molecule has 2 amide bonds. The summed E-state index contributed by atoms with van der Waals surface area (Å²) in [6.07, 6.45) is 6.64. The Labute approximate surface area is 251 Å². The van der Waals surface area contributed by atoms with E-state index in [4.69, 9.17) is 9.47 Å². The monoisotopic (exact) mass is 588 g/mol. The highest BCUT2D eigenvalue weighted by molar-refractivity contribution is 6.01. The van der Waals surface area contributed by atoms with E-state index in [1.54, 1.807) is 45.5 Å². The van der Waals surface area contributed by atoms with Crippen molar-refractivity contribution in [2.45, 2.75) is 76.5 Å². The third-order valence-electron chi connectivity index (χ3n) is 8.75. The van der Waals surface area contributed by atoms with Crippen molar-refractivity contribution in [3.8, 4) is 5.75 Å². The topological polar surface area (TPSA) is 143 Å². The predicted octanol–water partition coefficient (Wildman–Crippen LogP) is 3.93. The molecule has 0 radical (unpaired) electrons. The number of ether oxygens (including phenoxy) is 2. The largest absolute Gasteiger partial charge is 0.497 e. The molecule has 10 heteroatoms. The molecular formula is C33H40N4O6. The highest BCUT2D eigenvalue weighted by Gasteiger charge is 2.50. The number of ketones is 2. The summed E-state index contributed by atoms with van der Waals surface area (Å²) in [7, 11) is 1.58. The number of epoxide rings is 1. The van der Waals surface area contributed by atoms with Gasteiger partial charge in [-0.15, -0.1) is 0 Å². The Bertz CT molecular complexity index is 1470. The van der Waals surface area contributed by atoms with E-state index in [2.05, 4.69) is 20.6 Å². The summed E-state index contributed by atoms with van der Waals surface area (Å²) in [6.45, 7) is 3.73. The predicted molar refractivity (Wildman–Crippen MR) is 161 cm³/mol. The molecule has 1 aliphatic heterocycles. The molecule has 1 aliphatic carbocycles. The van der Waals surface area contributed by atoms with Crippen LogP contribution in [0.2, 0.25) is 0 Å². The van der Waals surface area contributed by atoms with Gasteiger partial charge in [0.2, 0.25) is 5.91 Å². The molecule has 3 aromatic rings. The number of methoxy groups -OCH3 is 1. The minimum absolute atomic E-state index is 0.100. The molecule has 3 N–H and O–H groups in total. The van der Waals surface area contributed by atoms with Crippen LogP contribution < -0.4 is 15.4 Å². The van der Waals surface area contributed by atoms with Gasteiger partial charge in [-0.25, -0.2) is 4.98 Å². The van der Waals surface area contributed by atoms with E-state index in [-0.39, 0.29) is 30.3 Å². The molecule has 2 fully saturated rings. The number of Topliss-reactive ketones (excluding diaryl/α,β-unsaturated/α-hetero) is 2. The second kappa shape index (κ2) is 13.1. The number of hydrogen-bond donors (Lipinski definition) is 3. The van der Waals surface area contributed by atoms with E-state index in [1.807, 2.05) is 24.3 Å². The van der Waals surface area contributed by atoms with Gasteiger partial charge in [0.25, 0.3) is 5.91 Å². The van der Waals surface area contributed by atoms with Gasteiger partial charge in [0.15, 0.2) is 11.6 Å². The molecule has 1 saturated heterocycles. The lowest BCUT2D eigenvalue weighted by molar-refractivity contribution is -0.134. The van der Waals surface area contributed by atoms with Crippen LogP contribution in [0.5, 0.6) is 5.75 Å². The van der Waals surface area contributed by atoms with Gasteiger partial charge in [0, 0.05) is 17.9 Å².